The minimum Gasteiger partial charge on any atom is -0.327 e. The fourth-order valence-electron chi connectivity index (χ4n) is 2.45. The van der Waals surface area contributed by atoms with Crippen LogP contribution in [-0.2, 0) is 0 Å². The van der Waals surface area contributed by atoms with Crippen LogP contribution in [0.15, 0.2) is 0 Å². The highest BCUT2D eigenvalue weighted by atomic mass is 14.7. The Balaban J connectivity index is 2.27. The van der Waals surface area contributed by atoms with Crippen LogP contribution >= 0.6 is 0 Å². The molecule has 1 fully saturated rings. The lowest BCUT2D eigenvalue weighted by Gasteiger charge is -2.31. The molecule has 0 bridgehead atoms. The third-order valence-corrected chi connectivity index (χ3v) is 3.41. The van der Waals surface area contributed by atoms with Crippen molar-refractivity contribution in [2.45, 2.75) is 58.9 Å². The first-order chi connectivity index (χ1) is 6.09. The van der Waals surface area contributed by atoms with Crippen molar-refractivity contribution >= 4 is 0 Å². The first kappa shape index (κ1) is 11.0. The molecule has 1 aliphatic rings. The lowest BCUT2D eigenvalue weighted by Crippen LogP contribution is -2.33. The summed E-state index contributed by atoms with van der Waals surface area (Å²) in [6.07, 6.45) is 6.75. The Morgan fingerprint density at radius 1 is 1.15 bits per heavy atom. The summed E-state index contributed by atoms with van der Waals surface area (Å²) in [6, 6.07) is 0.465. The van der Waals surface area contributed by atoms with E-state index in [-0.39, 0.29) is 0 Å². The maximum atomic E-state index is 6.19. The van der Waals surface area contributed by atoms with E-state index in [1.54, 1.807) is 0 Å². The quantitative estimate of drug-likeness (QED) is 0.714. The first-order valence-corrected chi connectivity index (χ1v) is 5.85. The Bertz CT molecular complexity index is 134. The summed E-state index contributed by atoms with van der Waals surface area (Å²) in [5.41, 5.74) is 6.19. The van der Waals surface area contributed by atoms with Gasteiger partial charge in [-0.15, -0.1) is 0 Å². The van der Waals surface area contributed by atoms with Gasteiger partial charge in [0.05, 0.1) is 0 Å². The zero-order valence-corrected chi connectivity index (χ0v) is 9.42. The second kappa shape index (κ2) is 4.99. The highest BCUT2D eigenvalue weighted by molar-refractivity contribution is 4.79. The number of hydrogen-bond donors (Lipinski definition) is 1. The summed E-state index contributed by atoms with van der Waals surface area (Å²) in [6.45, 7) is 6.90. The van der Waals surface area contributed by atoms with Crippen molar-refractivity contribution in [1.82, 2.24) is 0 Å². The molecule has 0 aromatic rings. The van der Waals surface area contributed by atoms with Gasteiger partial charge in [0.1, 0.15) is 0 Å². The van der Waals surface area contributed by atoms with Gasteiger partial charge in [-0.3, -0.25) is 0 Å². The van der Waals surface area contributed by atoms with E-state index in [9.17, 15) is 0 Å². The molecule has 0 aromatic carbocycles. The van der Waals surface area contributed by atoms with Gasteiger partial charge in [0, 0.05) is 6.04 Å². The molecule has 78 valence electrons. The third kappa shape index (κ3) is 3.68. The fourth-order valence-corrected chi connectivity index (χ4v) is 2.45. The van der Waals surface area contributed by atoms with Gasteiger partial charge >= 0.3 is 0 Å². The fraction of sp³-hybridized carbons (Fsp3) is 1.00. The van der Waals surface area contributed by atoms with Crippen LogP contribution in [0.5, 0.6) is 0 Å². The van der Waals surface area contributed by atoms with E-state index in [1.807, 2.05) is 0 Å². The third-order valence-electron chi connectivity index (χ3n) is 3.41. The predicted octanol–water partition coefficient (Wildman–Crippen LogP) is 3.19. The smallest absolute Gasteiger partial charge is 0.00695 e. The molecule has 1 aliphatic carbocycles. The average Bonchev–Trinajstić information content (AvgIpc) is 2.04. The summed E-state index contributed by atoms with van der Waals surface area (Å²) in [5.74, 6) is 2.52. The van der Waals surface area contributed by atoms with Crippen LogP contribution in [0.4, 0.5) is 0 Å². The van der Waals surface area contributed by atoms with Crippen LogP contribution in [0.2, 0.25) is 0 Å². The molecular weight excluding hydrogens is 158 g/mol. The lowest BCUT2D eigenvalue weighted by atomic mass is 9.77. The van der Waals surface area contributed by atoms with Gasteiger partial charge in [0.25, 0.3) is 0 Å². The van der Waals surface area contributed by atoms with Crippen LogP contribution in [0.3, 0.4) is 0 Å². The molecule has 2 N–H and O–H groups in total. The SMILES string of the molecule is CC(C)CC(N)C1CCC(C)CC1. The van der Waals surface area contributed by atoms with Crippen molar-refractivity contribution in [3.05, 3.63) is 0 Å². The van der Waals surface area contributed by atoms with Crippen molar-refractivity contribution in [1.29, 1.82) is 0 Å². The van der Waals surface area contributed by atoms with Gasteiger partial charge in [-0.05, 0) is 37.0 Å². The minimum absolute atomic E-state index is 0.465. The van der Waals surface area contributed by atoms with Crippen molar-refractivity contribution in [3.63, 3.8) is 0 Å². The molecule has 1 nitrogen and oxygen atoms in total. The van der Waals surface area contributed by atoms with Gasteiger partial charge in [-0.2, -0.15) is 0 Å². The van der Waals surface area contributed by atoms with Gasteiger partial charge in [0.2, 0.25) is 0 Å². The molecule has 1 atom stereocenters. The lowest BCUT2D eigenvalue weighted by molar-refractivity contribution is 0.237. The molecule has 0 saturated heterocycles. The van der Waals surface area contributed by atoms with Gasteiger partial charge < -0.3 is 5.73 Å². The van der Waals surface area contributed by atoms with Crippen LogP contribution in [0.25, 0.3) is 0 Å². The van der Waals surface area contributed by atoms with E-state index in [0.717, 1.165) is 17.8 Å². The number of hydrogen-bond acceptors (Lipinski definition) is 1. The van der Waals surface area contributed by atoms with Crippen molar-refractivity contribution < 1.29 is 0 Å². The Morgan fingerprint density at radius 3 is 2.15 bits per heavy atom. The van der Waals surface area contributed by atoms with E-state index in [2.05, 4.69) is 20.8 Å². The molecule has 13 heavy (non-hydrogen) atoms. The summed E-state index contributed by atoms with van der Waals surface area (Å²) in [7, 11) is 0. The van der Waals surface area contributed by atoms with Crippen molar-refractivity contribution in [2.24, 2.45) is 23.5 Å². The van der Waals surface area contributed by atoms with E-state index in [0.29, 0.717) is 6.04 Å². The molecule has 0 aliphatic heterocycles. The molecule has 1 unspecified atom stereocenters. The predicted molar refractivity (Wildman–Crippen MR) is 58.6 cm³/mol. The van der Waals surface area contributed by atoms with E-state index in [4.69, 9.17) is 5.73 Å². The van der Waals surface area contributed by atoms with E-state index < -0.39 is 0 Å². The number of rotatable bonds is 3. The van der Waals surface area contributed by atoms with Crippen LogP contribution in [-0.4, -0.2) is 6.04 Å². The molecule has 0 heterocycles. The Labute approximate surface area is 83.1 Å². The summed E-state index contributed by atoms with van der Waals surface area (Å²) < 4.78 is 0. The molecule has 0 radical (unpaired) electrons. The summed E-state index contributed by atoms with van der Waals surface area (Å²) in [5, 5.41) is 0. The van der Waals surface area contributed by atoms with Crippen LogP contribution in [0, 0.1) is 17.8 Å². The molecule has 1 saturated carbocycles. The highest BCUT2D eigenvalue weighted by Gasteiger charge is 2.23. The first-order valence-electron chi connectivity index (χ1n) is 5.85. The maximum Gasteiger partial charge on any atom is 0.00695 e. The molecule has 1 heteroatoms. The molecule has 0 amide bonds. The van der Waals surface area contributed by atoms with Crippen molar-refractivity contribution in [2.75, 3.05) is 0 Å². The Kier molecular flexibility index (Phi) is 4.24. The standard InChI is InChI=1S/C12H25N/c1-9(2)8-12(13)11-6-4-10(3)5-7-11/h9-12H,4-8,13H2,1-3H3. The molecule has 0 aromatic heterocycles. The van der Waals surface area contributed by atoms with Crippen LogP contribution < -0.4 is 5.73 Å². The molecule has 1 rings (SSSR count). The Hall–Kier alpha value is -0.0400. The molecule has 0 spiro atoms. The van der Waals surface area contributed by atoms with Gasteiger partial charge in [-0.25, -0.2) is 0 Å². The largest absolute Gasteiger partial charge is 0.327 e. The summed E-state index contributed by atoms with van der Waals surface area (Å²) >= 11 is 0. The summed E-state index contributed by atoms with van der Waals surface area (Å²) in [4.78, 5) is 0. The maximum absolute atomic E-state index is 6.19. The van der Waals surface area contributed by atoms with E-state index >= 15 is 0 Å². The van der Waals surface area contributed by atoms with Gasteiger partial charge in [0.15, 0.2) is 0 Å². The zero-order chi connectivity index (χ0) is 9.84. The Morgan fingerprint density at radius 2 is 1.69 bits per heavy atom. The topological polar surface area (TPSA) is 26.0 Å². The monoisotopic (exact) mass is 183 g/mol. The highest BCUT2D eigenvalue weighted by Crippen LogP contribution is 2.31. The zero-order valence-electron chi connectivity index (χ0n) is 9.42. The van der Waals surface area contributed by atoms with Crippen molar-refractivity contribution in [3.8, 4) is 0 Å². The molecular formula is C12H25N. The van der Waals surface area contributed by atoms with Crippen LogP contribution in [0.1, 0.15) is 52.9 Å². The normalized spacial score (nSPS) is 32.1. The second-order valence-corrected chi connectivity index (χ2v) is 5.31. The second-order valence-electron chi connectivity index (χ2n) is 5.31. The van der Waals surface area contributed by atoms with E-state index in [1.165, 1.54) is 32.1 Å². The number of nitrogens with two attached hydrogens (primary N) is 1. The minimum atomic E-state index is 0.465. The van der Waals surface area contributed by atoms with Gasteiger partial charge in [-0.1, -0.05) is 33.6 Å². The average molecular weight is 183 g/mol.